The van der Waals surface area contributed by atoms with Crippen molar-refractivity contribution in [3.63, 3.8) is 0 Å². The van der Waals surface area contributed by atoms with Crippen LogP contribution in [0.1, 0.15) is 41.0 Å². The summed E-state index contributed by atoms with van der Waals surface area (Å²) >= 11 is 1.46. The van der Waals surface area contributed by atoms with Crippen molar-refractivity contribution in [1.82, 2.24) is 14.9 Å². The standard InChI is InChI=1S/C14H19N3S/c1-4-7-15-14(13-9-16-17-18-13)12-6-5-10(2)11(3)8-12/h5-6,8-9,14-15H,4,7H2,1-3H3. The number of nitrogens with one attached hydrogen (secondary N) is 1. The highest BCUT2D eigenvalue weighted by atomic mass is 32.1. The molecule has 96 valence electrons. The predicted octanol–water partition coefficient (Wildman–Crippen LogP) is 3.24. The molecule has 2 aromatic rings. The number of benzene rings is 1. The molecule has 1 heterocycles. The second kappa shape index (κ2) is 6.07. The Morgan fingerprint density at radius 2 is 2.11 bits per heavy atom. The van der Waals surface area contributed by atoms with Gasteiger partial charge >= 0.3 is 0 Å². The average molecular weight is 261 g/mol. The molecular weight excluding hydrogens is 242 g/mol. The van der Waals surface area contributed by atoms with E-state index < -0.39 is 0 Å². The molecule has 0 spiro atoms. The van der Waals surface area contributed by atoms with Gasteiger partial charge < -0.3 is 5.32 Å². The number of aryl methyl sites for hydroxylation is 2. The number of aromatic nitrogens is 2. The van der Waals surface area contributed by atoms with E-state index in [0.717, 1.165) is 13.0 Å². The molecule has 2 rings (SSSR count). The molecule has 0 aliphatic carbocycles. The molecule has 0 saturated heterocycles. The topological polar surface area (TPSA) is 37.8 Å². The van der Waals surface area contributed by atoms with Crippen LogP contribution in [0.4, 0.5) is 0 Å². The van der Waals surface area contributed by atoms with Gasteiger partial charge in [-0.3, -0.25) is 0 Å². The zero-order valence-corrected chi connectivity index (χ0v) is 11.9. The van der Waals surface area contributed by atoms with Crippen LogP contribution >= 0.6 is 11.5 Å². The molecule has 0 bridgehead atoms. The van der Waals surface area contributed by atoms with Gasteiger partial charge in [0.25, 0.3) is 0 Å². The quantitative estimate of drug-likeness (QED) is 0.898. The van der Waals surface area contributed by atoms with E-state index in [9.17, 15) is 0 Å². The molecule has 1 atom stereocenters. The first kappa shape index (κ1) is 13.2. The molecule has 0 aliphatic rings. The summed E-state index contributed by atoms with van der Waals surface area (Å²) in [4.78, 5) is 1.17. The Labute approximate surface area is 112 Å². The maximum absolute atomic E-state index is 3.97. The second-order valence-corrected chi connectivity index (χ2v) is 5.37. The maximum Gasteiger partial charge on any atom is 0.0703 e. The van der Waals surface area contributed by atoms with Gasteiger partial charge in [0.1, 0.15) is 0 Å². The number of nitrogens with zero attached hydrogens (tertiary/aromatic N) is 2. The zero-order valence-electron chi connectivity index (χ0n) is 11.1. The summed E-state index contributed by atoms with van der Waals surface area (Å²) in [6.07, 6.45) is 2.97. The second-order valence-electron chi connectivity index (χ2n) is 4.55. The number of hydrogen-bond donors (Lipinski definition) is 1. The van der Waals surface area contributed by atoms with E-state index in [-0.39, 0.29) is 6.04 Å². The Morgan fingerprint density at radius 3 is 2.72 bits per heavy atom. The Hall–Kier alpha value is -1.26. The molecular formula is C14H19N3S. The molecule has 18 heavy (non-hydrogen) atoms. The van der Waals surface area contributed by atoms with Gasteiger partial charge in [0, 0.05) is 0 Å². The van der Waals surface area contributed by atoms with E-state index in [1.165, 1.54) is 33.1 Å². The predicted molar refractivity (Wildman–Crippen MR) is 76.0 cm³/mol. The van der Waals surface area contributed by atoms with Crippen molar-refractivity contribution in [3.8, 4) is 0 Å². The van der Waals surface area contributed by atoms with Crippen molar-refractivity contribution in [1.29, 1.82) is 0 Å². The lowest BCUT2D eigenvalue weighted by Crippen LogP contribution is -2.22. The van der Waals surface area contributed by atoms with Gasteiger partial charge in [-0.1, -0.05) is 29.6 Å². The monoisotopic (exact) mass is 261 g/mol. The molecule has 0 amide bonds. The van der Waals surface area contributed by atoms with Gasteiger partial charge in [-0.25, -0.2) is 0 Å². The fourth-order valence-corrected chi connectivity index (χ4v) is 2.53. The van der Waals surface area contributed by atoms with Crippen LogP contribution in [0.5, 0.6) is 0 Å². The first-order valence-electron chi connectivity index (χ1n) is 6.30. The van der Waals surface area contributed by atoms with Crippen LogP contribution in [0.25, 0.3) is 0 Å². The molecule has 1 unspecified atom stereocenters. The van der Waals surface area contributed by atoms with E-state index in [2.05, 4.69) is 53.9 Å². The van der Waals surface area contributed by atoms with E-state index in [1.807, 2.05) is 6.20 Å². The maximum atomic E-state index is 3.97. The SMILES string of the molecule is CCCNC(c1ccc(C)c(C)c1)c1cnns1. The Bertz CT molecular complexity index is 494. The van der Waals surface area contributed by atoms with Gasteiger partial charge in [-0.05, 0) is 55.0 Å². The lowest BCUT2D eigenvalue weighted by molar-refractivity contribution is 0.604. The third-order valence-electron chi connectivity index (χ3n) is 3.13. The van der Waals surface area contributed by atoms with Crippen LogP contribution in [0.3, 0.4) is 0 Å². The fourth-order valence-electron chi connectivity index (χ4n) is 1.92. The summed E-state index contributed by atoms with van der Waals surface area (Å²) in [5.74, 6) is 0. The van der Waals surface area contributed by atoms with Crippen LogP contribution in [0.2, 0.25) is 0 Å². The van der Waals surface area contributed by atoms with Gasteiger partial charge in [0.15, 0.2) is 0 Å². The molecule has 0 aliphatic heterocycles. The first-order chi connectivity index (χ1) is 8.72. The summed E-state index contributed by atoms with van der Waals surface area (Å²) in [6, 6.07) is 6.83. The molecule has 1 aromatic heterocycles. The lowest BCUT2D eigenvalue weighted by Gasteiger charge is -2.17. The molecule has 0 radical (unpaired) electrons. The van der Waals surface area contributed by atoms with Crippen LogP contribution in [-0.2, 0) is 0 Å². The normalized spacial score (nSPS) is 12.6. The van der Waals surface area contributed by atoms with Crippen LogP contribution in [0.15, 0.2) is 24.4 Å². The highest BCUT2D eigenvalue weighted by Crippen LogP contribution is 2.25. The molecule has 1 aromatic carbocycles. The Balaban J connectivity index is 2.30. The van der Waals surface area contributed by atoms with Crippen molar-refractivity contribution >= 4 is 11.5 Å². The summed E-state index contributed by atoms with van der Waals surface area (Å²) in [5.41, 5.74) is 3.95. The zero-order chi connectivity index (χ0) is 13.0. The highest BCUT2D eigenvalue weighted by molar-refractivity contribution is 7.05. The molecule has 1 N–H and O–H groups in total. The molecule has 4 heteroatoms. The number of rotatable bonds is 5. The fraction of sp³-hybridized carbons (Fsp3) is 0.429. The third kappa shape index (κ3) is 2.94. The van der Waals surface area contributed by atoms with Crippen molar-refractivity contribution in [3.05, 3.63) is 46.0 Å². The van der Waals surface area contributed by atoms with Gasteiger partial charge in [-0.2, -0.15) is 0 Å². The summed E-state index contributed by atoms with van der Waals surface area (Å²) in [6.45, 7) is 7.47. The summed E-state index contributed by atoms with van der Waals surface area (Å²) < 4.78 is 3.97. The Morgan fingerprint density at radius 1 is 1.28 bits per heavy atom. The Kier molecular flexibility index (Phi) is 4.44. The number of hydrogen-bond acceptors (Lipinski definition) is 4. The summed E-state index contributed by atoms with van der Waals surface area (Å²) in [5, 5.41) is 7.51. The van der Waals surface area contributed by atoms with Crippen LogP contribution in [0, 0.1) is 13.8 Å². The largest absolute Gasteiger partial charge is 0.305 e. The van der Waals surface area contributed by atoms with E-state index >= 15 is 0 Å². The highest BCUT2D eigenvalue weighted by Gasteiger charge is 2.15. The van der Waals surface area contributed by atoms with E-state index in [1.54, 1.807) is 0 Å². The van der Waals surface area contributed by atoms with Crippen molar-refractivity contribution in [2.24, 2.45) is 0 Å². The molecule has 3 nitrogen and oxygen atoms in total. The van der Waals surface area contributed by atoms with Crippen LogP contribution < -0.4 is 5.32 Å². The lowest BCUT2D eigenvalue weighted by atomic mass is 10.0. The minimum absolute atomic E-state index is 0.212. The molecule has 0 fully saturated rings. The average Bonchev–Trinajstić information content (AvgIpc) is 2.88. The smallest absolute Gasteiger partial charge is 0.0703 e. The van der Waals surface area contributed by atoms with Gasteiger partial charge in [0.2, 0.25) is 0 Å². The minimum Gasteiger partial charge on any atom is -0.305 e. The van der Waals surface area contributed by atoms with Crippen molar-refractivity contribution < 1.29 is 0 Å². The van der Waals surface area contributed by atoms with Crippen LogP contribution in [-0.4, -0.2) is 16.1 Å². The van der Waals surface area contributed by atoms with E-state index in [0.29, 0.717) is 0 Å². The summed E-state index contributed by atoms with van der Waals surface area (Å²) in [7, 11) is 0. The van der Waals surface area contributed by atoms with Crippen molar-refractivity contribution in [2.45, 2.75) is 33.2 Å². The first-order valence-corrected chi connectivity index (χ1v) is 7.07. The van der Waals surface area contributed by atoms with Crippen molar-refractivity contribution in [2.75, 3.05) is 6.54 Å². The van der Waals surface area contributed by atoms with Gasteiger partial charge in [0.05, 0.1) is 17.1 Å². The molecule has 0 saturated carbocycles. The minimum atomic E-state index is 0.212. The van der Waals surface area contributed by atoms with E-state index in [4.69, 9.17) is 0 Å². The third-order valence-corrected chi connectivity index (χ3v) is 3.85. The van der Waals surface area contributed by atoms with Gasteiger partial charge in [-0.15, -0.1) is 5.10 Å².